The van der Waals surface area contributed by atoms with E-state index in [2.05, 4.69) is 0 Å². The summed E-state index contributed by atoms with van der Waals surface area (Å²) in [5.74, 6) is -2.86. The van der Waals surface area contributed by atoms with Crippen LogP contribution in [0.1, 0.15) is 42.9 Å². The molecule has 8 heteroatoms. The number of carbonyl (C=O) groups excluding carboxylic acids is 2. The van der Waals surface area contributed by atoms with Crippen molar-refractivity contribution in [2.24, 2.45) is 0 Å². The molecule has 2 aliphatic rings. The van der Waals surface area contributed by atoms with Gasteiger partial charge in [-0.2, -0.15) is 0 Å². The lowest BCUT2D eigenvalue weighted by atomic mass is 9.94. The van der Waals surface area contributed by atoms with Crippen LogP contribution < -0.4 is 0 Å². The molecule has 1 N–H and O–H groups in total. The number of halogens is 1. The Morgan fingerprint density at radius 2 is 1.80 bits per heavy atom. The topological polar surface area (TPSA) is 101 Å². The molecular weight excluding hydrogens is 391 g/mol. The van der Waals surface area contributed by atoms with Crippen LogP contribution in [0.3, 0.4) is 0 Å². The number of hydrogen-bond acceptors (Lipinski definition) is 5. The third-order valence-electron chi connectivity index (χ3n) is 5.73. The van der Waals surface area contributed by atoms with Gasteiger partial charge in [0.25, 0.3) is 17.4 Å². The van der Waals surface area contributed by atoms with Crippen LogP contribution in [0.4, 0.5) is 10.1 Å². The molecule has 1 atom stereocenters. The Labute approximate surface area is 171 Å². The minimum Gasteiger partial charge on any atom is -0.507 e. The first-order valence-corrected chi connectivity index (χ1v) is 9.69. The van der Waals surface area contributed by atoms with Gasteiger partial charge in [-0.15, -0.1) is 0 Å². The summed E-state index contributed by atoms with van der Waals surface area (Å²) in [6.07, 6.45) is 3.16. The van der Waals surface area contributed by atoms with Crippen LogP contribution in [-0.4, -0.2) is 32.7 Å². The molecule has 1 aliphatic heterocycles. The van der Waals surface area contributed by atoms with Gasteiger partial charge in [-0.05, 0) is 18.9 Å². The van der Waals surface area contributed by atoms with Gasteiger partial charge >= 0.3 is 0 Å². The zero-order valence-electron chi connectivity index (χ0n) is 16.0. The first kappa shape index (κ1) is 19.8. The summed E-state index contributed by atoms with van der Waals surface area (Å²) in [6, 6.07) is 9.64. The predicted molar refractivity (Wildman–Crippen MR) is 106 cm³/mol. The molecule has 1 saturated heterocycles. The van der Waals surface area contributed by atoms with Crippen LogP contribution in [0.25, 0.3) is 5.76 Å². The number of non-ortho nitro benzene ring substituents is 1. The number of Topliss-reactive ketones (excluding diaryl/α,β-unsaturated/α-hetero) is 1. The Morgan fingerprint density at radius 1 is 1.10 bits per heavy atom. The van der Waals surface area contributed by atoms with Gasteiger partial charge in [-0.3, -0.25) is 19.7 Å². The molecule has 2 fully saturated rings. The third kappa shape index (κ3) is 3.24. The van der Waals surface area contributed by atoms with Gasteiger partial charge < -0.3 is 10.0 Å². The van der Waals surface area contributed by atoms with Crippen LogP contribution in [-0.2, 0) is 9.59 Å². The van der Waals surface area contributed by atoms with E-state index in [4.69, 9.17) is 0 Å². The van der Waals surface area contributed by atoms with E-state index in [1.807, 2.05) is 0 Å². The van der Waals surface area contributed by atoms with Crippen molar-refractivity contribution in [3.63, 3.8) is 0 Å². The van der Waals surface area contributed by atoms with E-state index in [0.717, 1.165) is 18.9 Å². The molecule has 2 aromatic rings. The van der Waals surface area contributed by atoms with E-state index in [9.17, 15) is 29.2 Å². The second kappa shape index (κ2) is 7.70. The van der Waals surface area contributed by atoms with Crippen molar-refractivity contribution in [1.82, 2.24) is 4.90 Å². The van der Waals surface area contributed by atoms with Crippen molar-refractivity contribution < 1.29 is 24.0 Å². The highest BCUT2D eigenvalue weighted by molar-refractivity contribution is 6.46. The molecule has 7 nitrogen and oxygen atoms in total. The van der Waals surface area contributed by atoms with Crippen LogP contribution in [0, 0.1) is 15.9 Å². The number of aliphatic hydroxyl groups excluding tert-OH is 1. The van der Waals surface area contributed by atoms with Crippen LogP contribution in [0.2, 0.25) is 0 Å². The maximum Gasteiger partial charge on any atom is 0.295 e. The molecule has 1 unspecified atom stereocenters. The first-order valence-electron chi connectivity index (χ1n) is 9.69. The Bertz CT molecular complexity index is 1070. The molecule has 0 aromatic heterocycles. The number of rotatable bonds is 4. The number of nitrogens with zero attached hydrogens (tertiary/aromatic N) is 2. The van der Waals surface area contributed by atoms with E-state index in [1.165, 1.54) is 41.3 Å². The van der Waals surface area contributed by atoms with Gasteiger partial charge in [0.05, 0.1) is 16.5 Å². The van der Waals surface area contributed by atoms with E-state index in [0.29, 0.717) is 12.8 Å². The molecule has 30 heavy (non-hydrogen) atoms. The summed E-state index contributed by atoms with van der Waals surface area (Å²) in [5, 5.41) is 22.0. The van der Waals surface area contributed by atoms with Crippen LogP contribution >= 0.6 is 0 Å². The highest BCUT2D eigenvalue weighted by atomic mass is 19.1. The lowest BCUT2D eigenvalue weighted by molar-refractivity contribution is -0.384. The zero-order chi connectivity index (χ0) is 21.4. The van der Waals surface area contributed by atoms with Gasteiger partial charge in [-0.1, -0.05) is 43.2 Å². The van der Waals surface area contributed by atoms with Crippen molar-refractivity contribution in [1.29, 1.82) is 0 Å². The van der Waals surface area contributed by atoms with E-state index in [1.54, 1.807) is 6.07 Å². The average molecular weight is 410 g/mol. The molecule has 0 spiro atoms. The number of nitro groups is 1. The van der Waals surface area contributed by atoms with Gasteiger partial charge in [0.2, 0.25) is 0 Å². The van der Waals surface area contributed by atoms with Gasteiger partial charge in [-0.25, -0.2) is 4.39 Å². The molecule has 0 bridgehead atoms. The monoisotopic (exact) mass is 410 g/mol. The van der Waals surface area contributed by atoms with Crippen molar-refractivity contribution in [3.05, 3.63) is 81.2 Å². The number of carbonyl (C=O) groups is 2. The second-order valence-electron chi connectivity index (χ2n) is 7.47. The van der Waals surface area contributed by atoms with Crippen LogP contribution in [0.15, 0.2) is 54.1 Å². The fourth-order valence-electron chi connectivity index (χ4n) is 4.33. The molecule has 0 radical (unpaired) electrons. The number of aliphatic hydroxyl groups is 1. The summed E-state index contributed by atoms with van der Waals surface area (Å²) in [6.45, 7) is 0. The van der Waals surface area contributed by atoms with Gasteiger partial charge in [0.15, 0.2) is 0 Å². The summed E-state index contributed by atoms with van der Waals surface area (Å²) in [7, 11) is 0. The zero-order valence-corrected chi connectivity index (χ0v) is 16.0. The Morgan fingerprint density at radius 3 is 2.47 bits per heavy atom. The van der Waals surface area contributed by atoms with Crippen molar-refractivity contribution in [2.75, 3.05) is 0 Å². The fourth-order valence-corrected chi connectivity index (χ4v) is 4.33. The highest BCUT2D eigenvalue weighted by Gasteiger charge is 2.49. The number of hydrogen-bond donors (Lipinski definition) is 1. The second-order valence-corrected chi connectivity index (χ2v) is 7.47. The molecule has 154 valence electrons. The lowest BCUT2D eigenvalue weighted by Crippen LogP contribution is -2.38. The first-order chi connectivity index (χ1) is 14.4. The smallest absolute Gasteiger partial charge is 0.295 e. The van der Waals surface area contributed by atoms with Gasteiger partial charge in [0, 0.05) is 29.3 Å². The fraction of sp³-hybridized carbons (Fsp3) is 0.273. The maximum atomic E-state index is 14.7. The number of likely N-dealkylation sites (tertiary alicyclic amines) is 1. The Hall–Kier alpha value is -3.55. The third-order valence-corrected chi connectivity index (χ3v) is 5.73. The van der Waals surface area contributed by atoms with Crippen molar-refractivity contribution in [2.45, 2.75) is 37.8 Å². The number of nitro benzene ring substituents is 1. The van der Waals surface area contributed by atoms with Gasteiger partial charge in [0.1, 0.15) is 11.6 Å². The highest BCUT2D eigenvalue weighted by Crippen LogP contribution is 2.44. The summed E-state index contributed by atoms with van der Waals surface area (Å²) < 4.78 is 14.7. The normalized spacial score (nSPS) is 21.4. The lowest BCUT2D eigenvalue weighted by Gasteiger charge is -2.30. The SMILES string of the molecule is O=C1C(=O)N(C2CCCC2)C(c2ccccc2F)/C1=C(\O)c1cccc([N+](=O)[O-])c1. The summed E-state index contributed by atoms with van der Waals surface area (Å²) >= 11 is 0. The minimum absolute atomic E-state index is 0.0231. The maximum absolute atomic E-state index is 14.7. The molecular formula is C22H19FN2O5. The summed E-state index contributed by atoms with van der Waals surface area (Å²) in [5.41, 5.74) is -0.394. The summed E-state index contributed by atoms with van der Waals surface area (Å²) in [4.78, 5) is 37.7. The molecule has 2 aromatic carbocycles. The average Bonchev–Trinajstić information content (AvgIpc) is 3.35. The number of ketones is 1. The Balaban J connectivity index is 1.92. The van der Waals surface area contributed by atoms with E-state index in [-0.39, 0.29) is 28.4 Å². The molecule has 1 aliphatic carbocycles. The van der Waals surface area contributed by atoms with Crippen molar-refractivity contribution in [3.8, 4) is 0 Å². The van der Waals surface area contributed by atoms with Crippen molar-refractivity contribution >= 4 is 23.1 Å². The van der Waals surface area contributed by atoms with E-state index < -0.39 is 34.2 Å². The molecule has 1 saturated carbocycles. The predicted octanol–water partition coefficient (Wildman–Crippen LogP) is 4.10. The Kier molecular flexibility index (Phi) is 5.07. The standard InChI is InChI=1S/C22H19FN2O5/c23-17-11-4-3-10-16(17)19-18(20(26)13-6-5-9-15(12-13)25(29)30)21(27)22(28)24(19)14-7-1-2-8-14/h3-6,9-12,14,19,26H,1-2,7-8H2/b20-18+. The number of benzene rings is 2. The molecule has 1 heterocycles. The largest absolute Gasteiger partial charge is 0.507 e. The molecule has 1 amide bonds. The minimum atomic E-state index is -1.09. The van der Waals surface area contributed by atoms with E-state index >= 15 is 0 Å². The van der Waals surface area contributed by atoms with Crippen LogP contribution in [0.5, 0.6) is 0 Å². The molecule has 4 rings (SSSR count). The quantitative estimate of drug-likeness (QED) is 0.269. The number of amides is 1.